The van der Waals surface area contributed by atoms with Gasteiger partial charge in [0.15, 0.2) is 0 Å². The summed E-state index contributed by atoms with van der Waals surface area (Å²) in [4.78, 5) is 12.1. The summed E-state index contributed by atoms with van der Waals surface area (Å²) in [7, 11) is 0. The van der Waals surface area contributed by atoms with Crippen molar-refractivity contribution < 1.29 is 9.53 Å². The molecule has 0 radical (unpaired) electrons. The molecule has 1 aromatic rings. The van der Waals surface area contributed by atoms with Crippen LogP contribution in [-0.2, 0) is 16.1 Å². The SMILES string of the molecule is CC(C)(C)OC=O.Cc1cc(N)ccc1CN1CCNCC1. The van der Waals surface area contributed by atoms with Crippen molar-refractivity contribution >= 4 is 12.2 Å². The van der Waals surface area contributed by atoms with Gasteiger partial charge in [0.05, 0.1) is 0 Å². The van der Waals surface area contributed by atoms with Crippen LogP contribution in [0.2, 0.25) is 0 Å². The number of nitrogen functional groups attached to an aromatic ring is 1. The minimum absolute atomic E-state index is 0.318. The number of nitrogens with two attached hydrogens (primary N) is 1. The highest BCUT2D eigenvalue weighted by Gasteiger charge is 2.10. The number of hydrogen-bond acceptors (Lipinski definition) is 5. The number of hydrogen-bond donors (Lipinski definition) is 2. The second kappa shape index (κ2) is 8.76. The van der Waals surface area contributed by atoms with Crippen LogP contribution >= 0.6 is 0 Å². The highest BCUT2D eigenvalue weighted by atomic mass is 16.5. The minimum Gasteiger partial charge on any atom is -0.462 e. The molecule has 3 N–H and O–H groups in total. The van der Waals surface area contributed by atoms with Gasteiger partial charge in [-0.05, 0) is 51.0 Å². The zero-order chi connectivity index (χ0) is 16.6. The molecule has 1 aromatic carbocycles. The average Bonchev–Trinajstić information content (AvgIpc) is 2.42. The maximum atomic E-state index is 9.60. The van der Waals surface area contributed by atoms with E-state index in [-0.39, 0.29) is 5.60 Å². The van der Waals surface area contributed by atoms with Crippen LogP contribution in [0.25, 0.3) is 0 Å². The van der Waals surface area contributed by atoms with Gasteiger partial charge >= 0.3 is 0 Å². The first-order valence-electron chi connectivity index (χ1n) is 7.71. The van der Waals surface area contributed by atoms with Gasteiger partial charge in [-0.15, -0.1) is 0 Å². The van der Waals surface area contributed by atoms with Gasteiger partial charge in [-0.3, -0.25) is 9.69 Å². The fraction of sp³-hybridized carbons (Fsp3) is 0.588. The number of nitrogens with one attached hydrogen (secondary N) is 1. The van der Waals surface area contributed by atoms with Crippen LogP contribution in [0.1, 0.15) is 31.9 Å². The van der Waals surface area contributed by atoms with Gasteiger partial charge in [0.1, 0.15) is 5.60 Å². The third-order valence-electron chi connectivity index (χ3n) is 3.37. The summed E-state index contributed by atoms with van der Waals surface area (Å²) in [6, 6.07) is 6.19. The summed E-state index contributed by atoms with van der Waals surface area (Å²) < 4.78 is 4.55. The lowest BCUT2D eigenvalue weighted by Gasteiger charge is -2.27. The molecule has 5 heteroatoms. The smallest absolute Gasteiger partial charge is 0.293 e. The van der Waals surface area contributed by atoms with Crippen LogP contribution in [0.4, 0.5) is 5.69 Å². The second-order valence-corrected chi connectivity index (χ2v) is 6.54. The number of carbonyl (C=O) groups is 1. The number of piperazine rings is 1. The molecule has 1 saturated heterocycles. The Hall–Kier alpha value is -1.59. The van der Waals surface area contributed by atoms with Crippen molar-refractivity contribution in [1.29, 1.82) is 0 Å². The van der Waals surface area contributed by atoms with Gasteiger partial charge in [-0.25, -0.2) is 0 Å². The normalized spacial score (nSPS) is 15.6. The predicted octanol–water partition coefficient (Wildman–Crippen LogP) is 1.94. The minimum atomic E-state index is -0.318. The Labute approximate surface area is 133 Å². The summed E-state index contributed by atoms with van der Waals surface area (Å²) in [6.07, 6.45) is 0. The Bertz CT molecular complexity index is 463. The third-order valence-corrected chi connectivity index (χ3v) is 3.37. The van der Waals surface area contributed by atoms with E-state index >= 15 is 0 Å². The first-order chi connectivity index (χ1) is 10.3. The van der Waals surface area contributed by atoms with Crippen LogP contribution in [0.15, 0.2) is 18.2 Å². The van der Waals surface area contributed by atoms with Crippen LogP contribution < -0.4 is 11.1 Å². The molecular weight excluding hydrogens is 278 g/mol. The lowest BCUT2D eigenvalue weighted by atomic mass is 10.1. The number of rotatable bonds is 3. The second-order valence-electron chi connectivity index (χ2n) is 6.54. The molecule has 5 nitrogen and oxygen atoms in total. The van der Waals surface area contributed by atoms with E-state index < -0.39 is 0 Å². The molecule has 1 fully saturated rings. The molecule has 0 atom stereocenters. The van der Waals surface area contributed by atoms with E-state index in [1.165, 1.54) is 11.1 Å². The highest BCUT2D eigenvalue weighted by molar-refractivity contribution is 5.44. The largest absolute Gasteiger partial charge is 0.462 e. The van der Waals surface area contributed by atoms with Crippen LogP contribution in [0.3, 0.4) is 0 Å². The molecule has 0 aromatic heterocycles. The number of carbonyl (C=O) groups excluding carboxylic acids is 1. The highest BCUT2D eigenvalue weighted by Crippen LogP contribution is 2.14. The first-order valence-corrected chi connectivity index (χ1v) is 7.71. The molecule has 0 spiro atoms. The maximum Gasteiger partial charge on any atom is 0.293 e. The van der Waals surface area contributed by atoms with Gasteiger partial charge in [-0.1, -0.05) is 6.07 Å². The van der Waals surface area contributed by atoms with Crippen LogP contribution in [-0.4, -0.2) is 43.2 Å². The van der Waals surface area contributed by atoms with Gasteiger partial charge in [-0.2, -0.15) is 0 Å². The predicted molar refractivity (Wildman–Crippen MR) is 90.6 cm³/mol. The van der Waals surface area contributed by atoms with E-state index in [2.05, 4.69) is 34.0 Å². The van der Waals surface area contributed by atoms with Crippen molar-refractivity contribution in [2.45, 2.75) is 39.8 Å². The number of aryl methyl sites for hydroxylation is 1. The molecule has 1 aliphatic heterocycles. The molecule has 0 aliphatic carbocycles. The van der Waals surface area contributed by atoms with Gasteiger partial charge in [0.2, 0.25) is 0 Å². The van der Waals surface area contributed by atoms with E-state index in [9.17, 15) is 4.79 Å². The number of nitrogens with zero attached hydrogens (tertiary/aromatic N) is 1. The molecule has 22 heavy (non-hydrogen) atoms. The quantitative estimate of drug-likeness (QED) is 0.660. The van der Waals surface area contributed by atoms with E-state index in [0.717, 1.165) is 38.4 Å². The molecular formula is C17H29N3O2. The fourth-order valence-electron chi connectivity index (χ4n) is 2.15. The van der Waals surface area contributed by atoms with Gasteiger partial charge in [0.25, 0.3) is 6.47 Å². The summed E-state index contributed by atoms with van der Waals surface area (Å²) in [6.45, 7) is 13.6. The van der Waals surface area contributed by atoms with Crippen molar-refractivity contribution in [2.24, 2.45) is 0 Å². The Morgan fingerprint density at radius 2 is 1.95 bits per heavy atom. The molecule has 2 rings (SSSR count). The summed E-state index contributed by atoms with van der Waals surface area (Å²) >= 11 is 0. The van der Waals surface area contributed by atoms with Crippen molar-refractivity contribution in [3.8, 4) is 0 Å². The molecule has 124 valence electrons. The van der Waals surface area contributed by atoms with Crippen molar-refractivity contribution in [2.75, 3.05) is 31.9 Å². The van der Waals surface area contributed by atoms with E-state index in [1.54, 1.807) is 0 Å². The molecule has 0 bridgehead atoms. The fourth-order valence-corrected chi connectivity index (χ4v) is 2.15. The molecule has 0 saturated carbocycles. The Balaban J connectivity index is 0.000000295. The number of benzene rings is 1. The monoisotopic (exact) mass is 307 g/mol. The first kappa shape index (κ1) is 18.5. The standard InChI is InChI=1S/C12H19N3.C5H10O2/c1-10-8-12(13)3-2-11(10)9-15-6-4-14-5-7-15;1-5(2,3)7-4-6/h2-3,8,14H,4-7,9,13H2,1H3;4H,1-3H3. The lowest BCUT2D eigenvalue weighted by Crippen LogP contribution is -2.42. The number of ether oxygens (including phenoxy) is 1. The zero-order valence-electron chi connectivity index (χ0n) is 14.2. The van der Waals surface area contributed by atoms with Gasteiger partial charge in [0, 0.05) is 38.4 Å². The topological polar surface area (TPSA) is 67.6 Å². The van der Waals surface area contributed by atoms with Crippen molar-refractivity contribution in [3.63, 3.8) is 0 Å². The Kier molecular flexibility index (Phi) is 7.35. The molecule has 0 unspecified atom stereocenters. The Morgan fingerprint density at radius 1 is 1.32 bits per heavy atom. The van der Waals surface area contributed by atoms with E-state index in [4.69, 9.17) is 5.73 Å². The maximum absolute atomic E-state index is 9.60. The van der Waals surface area contributed by atoms with E-state index in [0.29, 0.717) is 6.47 Å². The molecule has 1 heterocycles. The summed E-state index contributed by atoms with van der Waals surface area (Å²) in [5, 5.41) is 3.36. The van der Waals surface area contributed by atoms with Gasteiger partial charge < -0.3 is 15.8 Å². The zero-order valence-corrected chi connectivity index (χ0v) is 14.2. The van der Waals surface area contributed by atoms with Crippen molar-refractivity contribution in [3.05, 3.63) is 29.3 Å². The Morgan fingerprint density at radius 3 is 2.41 bits per heavy atom. The summed E-state index contributed by atoms with van der Waals surface area (Å²) in [5.41, 5.74) is 8.97. The van der Waals surface area contributed by atoms with Crippen LogP contribution in [0, 0.1) is 6.92 Å². The lowest BCUT2D eigenvalue weighted by molar-refractivity contribution is -0.138. The molecule has 1 aliphatic rings. The number of anilines is 1. The average molecular weight is 307 g/mol. The molecule has 0 amide bonds. The van der Waals surface area contributed by atoms with E-state index in [1.807, 2.05) is 26.8 Å². The third kappa shape index (κ3) is 7.43. The van der Waals surface area contributed by atoms with Crippen LogP contribution in [0.5, 0.6) is 0 Å². The van der Waals surface area contributed by atoms with Crippen molar-refractivity contribution in [1.82, 2.24) is 10.2 Å². The summed E-state index contributed by atoms with van der Waals surface area (Å²) in [5.74, 6) is 0.